The molecule has 0 spiro atoms. The molecule has 0 saturated carbocycles. The average molecular weight is 222 g/mol. The zero-order valence-electron chi connectivity index (χ0n) is 8.23. The normalized spacial score (nSPS) is 31.6. The summed E-state index contributed by atoms with van der Waals surface area (Å²) in [6, 6.07) is 0. The van der Waals surface area contributed by atoms with Crippen molar-refractivity contribution in [1.29, 1.82) is 0 Å². The molecule has 1 aliphatic rings. The van der Waals surface area contributed by atoms with E-state index in [0.29, 0.717) is 23.7 Å². The van der Waals surface area contributed by atoms with Crippen LogP contribution >= 0.6 is 23.5 Å². The summed E-state index contributed by atoms with van der Waals surface area (Å²) in [5, 5.41) is 10.7. The molecule has 1 aliphatic heterocycles. The maximum atomic E-state index is 9.82. The Morgan fingerprint density at radius 3 is 2.77 bits per heavy atom. The minimum absolute atomic E-state index is 0.298. The lowest BCUT2D eigenvalue weighted by Crippen LogP contribution is -2.37. The summed E-state index contributed by atoms with van der Waals surface area (Å²) in [5.74, 6) is 2.37. The summed E-state index contributed by atoms with van der Waals surface area (Å²) >= 11 is 3.83. The van der Waals surface area contributed by atoms with E-state index in [1.54, 1.807) is 0 Å². The summed E-state index contributed by atoms with van der Waals surface area (Å²) in [6.45, 7) is 5.32. The van der Waals surface area contributed by atoms with Gasteiger partial charge in [-0.25, -0.2) is 0 Å². The molecule has 78 valence electrons. The van der Waals surface area contributed by atoms with Gasteiger partial charge >= 0.3 is 0 Å². The highest BCUT2D eigenvalue weighted by Gasteiger charge is 2.28. The van der Waals surface area contributed by atoms with Crippen molar-refractivity contribution < 1.29 is 9.84 Å². The number of hydrogen-bond acceptors (Lipinski definition) is 4. The van der Waals surface area contributed by atoms with Crippen molar-refractivity contribution in [2.24, 2.45) is 0 Å². The van der Waals surface area contributed by atoms with E-state index in [4.69, 9.17) is 4.74 Å². The molecule has 0 bridgehead atoms. The van der Waals surface area contributed by atoms with Crippen molar-refractivity contribution in [3.05, 3.63) is 0 Å². The van der Waals surface area contributed by atoms with Gasteiger partial charge in [0.1, 0.15) is 0 Å². The van der Waals surface area contributed by atoms with E-state index in [1.165, 1.54) is 5.75 Å². The summed E-state index contributed by atoms with van der Waals surface area (Å²) in [5.41, 5.74) is 0. The molecule has 2 nitrogen and oxygen atoms in total. The van der Waals surface area contributed by atoms with Crippen LogP contribution in [0, 0.1) is 0 Å². The smallest absolute Gasteiger partial charge is 0.0902 e. The lowest BCUT2D eigenvalue weighted by molar-refractivity contribution is 0.0417. The third-order valence-corrected chi connectivity index (χ3v) is 5.35. The number of aliphatic hydroxyl groups is 1. The van der Waals surface area contributed by atoms with E-state index < -0.39 is 0 Å². The van der Waals surface area contributed by atoms with Crippen molar-refractivity contribution >= 4 is 23.5 Å². The Morgan fingerprint density at radius 2 is 2.15 bits per heavy atom. The molecule has 1 fully saturated rings. The Kier molecular flexibility index (Phi) is 5.55. The van der Waals surface area contributed by atoms with Crippen LogP contribution in [0.1, 0.15) is 13.8 Å². The van der Waals surface area contributed by atoms with Gasteiger partial charge in [0.25, 0.3) is 0 Å². The largest absolute Gasteiger partial charge is 0.390 e. The van der Waals surface area contributed by atoms with Gasteiger partial charge in [0, 0.05) is 28.6 Å². The number of thioether (sulfide) groups is 2. The highest BCUT2D eigenvalue weighted by molar-refractivity contribution is 8.07. The Hall–Kier alpha value is 0.620. The fourth-order valence-electron chi connectivity index (χ4n) is 1.41. The van der Waals surface area contributed by atoms with E-state index in [9.17, 15) is 5.11 Å². The number of hydrogen-bond donors (Lipinski definition) is 1. The molecule has 1 rings (SSSR count). The number of ether oxygens (including phenoxy) is 1. The molecule has 0 radical (unpaired) electrons. The third kappa shape index (κ3) is 3.70. The second-order valence-corrected chi connectivity index (χ2v) is 5.91. The van der Waals surface area contributed by atoms with Gasteiger partial charge in [-0.1, -0.05) is 6.92 Å². The molecular formula is C9H18O2S2. The highest BCUT2D eigenvalue weighted by Crippen LogP contribution is 2.32. The predicted molar refractivity (Wildman–Crippen MR) is 60.7 cm³/mol. The number of rotatable bonds is 4. The lowest BCUT2D eigenvalue weighted by Gasteiger charge is -2.31. The van der Waals surface area contributed by atoms with Crippen LogP contribution in [0.15, 0.2) is 0 Å². The summed E-state index contributed by atoms with van der Waals surface area (Å²) in [4.78, 5) is 0. The van der Waals surface area contributed by atoms with Crippen LogP contribution in [0.4, 0.5) is 0 Å². The summed E-state index contributed by atoms with van der Waals surface area (Å²) in [7, 11) is 0. The minimum Gasteiger partial charge on any atom is -0.390 e. The van der Waals surface area contributed by atoms with Gasteiger partial charge in [-0.05, 0) is 6.92 Å². The standard InChI is InChI=1S/C9H18O2S2/c1-3-11-6-8(10)9-7(2)12-4-5-13-9/h7-10H,3-6H2,1-2H3. The topological polar surface area (TPSA) is 29.5 Å². The molecule has 4 heteroatoms. The van der Waals surface area contributed by atoms with Crippen molar-refractivity contribution in [2.45, 2.75) is 30.5 Å². The van der Waals surface area contributed by atoms with Crippen molar-refractivity contribution in [3.8, 4) is 0 Å². The van der Waals surface area contributed by atoms with Crippen LogP contribution in [0.2, 0.25) is 0 Å². The van der Waals surface area contributed by atoms with Crippen LogP contribution in [-0.4, -0.2) is 46.4 Å². The molecule has 3 unspecified atom stereocenters. The highest BCUT2D eigenvalue weighted by atomic mass is 32.2. The monoisotopic (exact) mass is 222 g/mol. The van der Waals surface area contributed by atoms with Crippen LogP contribution in [0.3, 0.4) is 0 Å². The van der Waals surface area contributed by atoms with Crippen LogP contribution < -0.4 is 0 Å². The number of aliphatic hydroxyl groups excluding tert-OH is 1. The SMILES string of the molecule is CCOCC(O)C1SCCSC1C. The first-order valence-electron chi connectivity index (χ1n) is 4.74. The quantitative estimate of drug-likeness (QED) is 0.783. The molecular weight excluding hydrogens is 204 g/mol. The van der Waals surface area contributed by atoms with Gasteiger partial charge in [-0.2, -0.15) is 23.5 Å². The molecule has 3 atom stereocenters. The second-order valence-electron chi connectivity index (χ2n) is 3.14. The first kappa shape index (κ1) is 11.7. The Balaban J connectivity index is 2.30. The van der Waals surface area contributed by atoms with E-state index in [2.05, 4.69) is 6.92 Å². The first-order chi connectivity index (χ1) is 6.25. The van der Waals surface area contributed by atoms with E-state index in [0.717, 1.165) is 5.75 Å². The van der Waals surface area contributed by atoms with Gasteiger partial charge in [-0.3, -0.25) is 0 Å². The zero-order valence-corrected chi connectivity index (χ0v) is 9.87. The second kappa shape index (κ2) is 6.17. The van der Waals surface area contributed by atoms with Crippen LogP contribution in [0.5, 0.6) is 0 Å². The molecule has 1 N–H and O–H groups in total. The Labute approximate surface area is 88.8 Å². The van der Waals surface area contributed by atoms with Gasteiger partial charge in [-0.15, -0.1) is 0 Å². The average Bonchev–Trinajstić information content (AvgIpc) is 2.15. The third-order valence-electron chi connectivity index (χ3n) is 2.11. The molecule has 0 aliphatic carbocycles. The van der Waals surface area contributed by atoms with Gasteiger partial charge in [0.15, 0.2) is 0 Å². The van der Waals surface area contributed by atoms with Gasteiger partial charge in [0.2, 0.25) is 0 Å². The molecule has 13 heavy (non-hydrogen) atoms. The van der Waals surface area contributed by atoms with E-state index >= 15 is 0 Å². The summed E-state index contributed by atoms with van der Waals surface area (Å²) in [6.07, 6.45) is -0.298. The van der Waals surface area contributed by atoms with Crippen molar-refractivity contribution in [1.82, 2.24) is 0 Å². The maximum absolute atomic E-state index is 9.82. The fraction of sp³-hybridized carbons (Fsp3) is 1.00. The summed E-state index contributed by atoms with van der Waals surface area (Å²) < 4.78 is 5.22. The minimum atomic E-state index is -0.298. The molecule has 0 amide bonds. The fourth-order valence-corrected chi connectivity index (χ4v) is 4.23. The molecule has 0 aromatic carbocycles. The van der Waals surface area contributed by atoms with E-state index in [-0.39, 0.29) is 6.10 Å². The van der Waals surface area contributed by atoms with Crippen LogP contribution in [0.25, 0.3) is 0 Å². The van der Waals surface area contributed by atoms with Crippen molar-refractivity contribution in [2.75, 3.05) is 24.7 Å². The van der Waals surface area contributed by atoms with Crippen LogP contribution in [-0.2, 0) is 4.74 Å². The lowest BCUT2D eigenvalue weighted by atomic mass is 10.2. The zero-order chi connectivity index (χ0) is 9.68. The molecule has 0 aromatic heterocycles. The first-order valence-corrected chi connectivity index (χ1v) is 6.84. The van der Waals surface area contributed by atoms with Gasteiger partial charge < -0.3 is 9.84 Å². The molecule has 1 saturated heterocycles. The van der Waals surface area contributed by atoms with Gasteiger partial charge in [0.05, 0.1) is 12.7 Å². The van der Waals surface area contributed by atoms with E-state index in [1.807, 2.05) is 30.4 Å². The Morgan fingerprint density at radius 1 is 1.46 bits per heavy atom. The molecule has 0 aromatic rings. The predicted octanol–water partition coefficient (Wildman–Crippen LogP) is 1.62. The maximum Gasteiger partial charge on any atom is 0.0902 e. The van der Waals surface area contributed by atoms with Crippen molar-refractivity contribution in [3.63, 3.8) is 0 Å². The molecule has 1 heterocycles. The Bertz CT molecular complexity index is 144.